The molecule has 4 aliphatic rings. The highest BCUT2D eigenvalue weighted by molar-refractivity contribution is 7.99. The Kier molecular flexibility index (Phi) is 4.75. The zero-order valence-electron chi connectivity index (χ0n) is 18.2. The number of hydrogen-bond donors (Lipinski definition) is 1. The molecule has 0 aliphatic heterocycles. The number of carbonyl (C=O) groups excluding carboxylic acids is 1. The molecule has 7 atom stereocenters. The average Bonchev–Trinajstić information content (AvgIpc) is 3.22. The van der Waals surface area contributed by atoms with Crippen molar-refractivity contribution in [2.45, 2.75) is 82.4 Å². The molecule has 1 aromatic heterocycles. The summed E-state index contributed by atoms with van der Waals surface area (Å²) in [6, 6.07) is 0. The zero-order chi connectivity index (χ0) is 20.4. The van der Waals surface area contributed by atoms with Gasteiger partial charge in [-0.1, -0.05) is 25.6 Å². The van der Waals surface area contributed by atoms with E-state index in [0.717, 1.165) is 61.3 Å². The van der Waals surface area contributed by atoms with Crippen LogP contribution >= 0.6 is 11.8 Å². The highest BCUT2D eigenvalue weighted by Gasteiger charge is 2.64. The predicted octanol–water partition coefficient (Wildman–Crippen LogP) is 4.86. The number of hydrogen-bond acceptors (Lipinski definition) is 4. The van der Waals surface area contributed by atoms with E-state index in [1.54, 1.807) is 11.8 Å². The molecule has 160 valence electrons. The minimum absolute atomic E-state index is 0.0139. The first kappa shape index (κ1) is 20.1. The quantitative estimate of drug-likeness (QED) is 0.715. The molecule has 4 saturated carbocycles. The Hall–Kier alpha value is -0.810. The number of ketones is 1. The Balaban J connectivity index is 1.36. The van der Waals surface area contributed by atoms with Crippen molar-refractivity contribution in [3.8, 4) is 0 Å². The van der Waals surface area contributed by atoms with E-state index >= 15 is 0 Å². The van der Waals surface area contributed by atoms with Gasteiger partial charge in [-0.25, -0.2) is 4.98 Å². The van der Waals surface area contributed by atoms with Crippen LogP contribution in [0.3, 0.4) is 0 Å². The second-order valence-corrected chi connectivity index (χ2v) is 12.0. The lowest BCUT2D eigenvalue weighted by atomic mass is 9.44. The first-order valence-corrected chi connectivity index (χ1v) is 12.6. The van der Waals surface area contributed by atoms with Crippen molar-refractivity contribution in [1.82, 2.24) is 9.55 Å². The third-order valence-corrected chi connectivity index (χ3v) is 11.3. The van der Waals surface area contributed by atoms with E-state index in [-0.39, 0.29) is 5.41 Å². The van der Waals surface area contributed by atoms with Gasteiger partial charge in [0.05, 0.1) is 5.60 Å². The SMILES string of the molecule is Cn1ccnc1SC[C@]1(O)CC[C@H]2[C@H]3CC[C@@H]4CC(=O)CC[C@]4(C)[C@@H]3CC[C@@]21C. The average molecular weight is 417 g/mol. The van der Waals surface area contributed by atoms with Crippen molar-refractivity contribution in [2.75, 3.05) is 5.75 Å². The van der Waals surface area contributed by atoms with E-state index in [4.69, 9.17) is 0 Å². The first-order valence-electron chi connectivity index (χ1n) is 11.6. The summed E-state index contributed by atoms with van der Waals surface area (Å²) in [7, 11) is 2.03. The van der Waals surface area contributed by atoms with Gasteiger partial charge in [-0.2, -0.15) is 0 Å². The maximum Gasteiger partial charge on any atom is 0.167 e. The Morgan fingerprint density at radius 2 is 1.97 bits per heavy atom. The minimum atomic E-state index is -0.598. The molecule has 0 spiro atoms. The van der Waals surface area contributed by atoms with Crippen LogP contribution in [-0.4, -0.2) is 31.8 Å². The molecule has 29 heavy (non-hydrogen) atoms. The third-order valence-electron chi connectivity index (χ3n) is 10.0. The Bertz CT molecular complexity index is 809. The van der Waals surface area contributed by atoms with Crippen molar-refractivity contribution in [1.29, 1.82) is 0 Å². The largest absolute Gasteiger partial charge is 0.388 e. The van der Waals surface area contributed by atoms with E-state index in [0.29, 0.717) is 23.0 Å². The number of carbonyl (C=O) groups is 1. The summed E-state index contributed by atoms with van der Waals surface area (Å²) in [6.45, 7) is 4.89. The normalized spacial score (nSPS) is 46.8. The molecule has 0 radical (unpaired) electrons. The van der Waals surface area contributed by atoms with Crippen molar-refractivity contribution >= 4 is 17.5 Å². The lowest BCUT2D eigenvalue weighted by molar-refractivity contribution is -0.152. The van der Waals surface area contributed by atoms with Crippen LogP contribution in [0.4, 0.5) is 0 Å². The number of aromatic nitrogens is 2. The second-order valence-electron chi connectivity index (χ2n) is 11.0. The molecule has 1 aromatic rings. The van der Waals surface area contributed by atoms with Gasteiger partial charge in [0.1, 0.15) is 5.78 Å². The predicted molar refractivity (Wildman–Crippen MR) is 116 cm³/mol. The van der Waals surface area contributed by atoms with Gasteiger partial charge in [0.2, 0.25) is 0 Å². The molecule has 4 aliphatic carbocycles. The van der Waals surface area contributed by atoms with Gasteiger partial charge in [-0.05, 0) is 74.0 Å². The number of thioether (sulfide) groups is 1. The van der Waals surface area contributed by atoms with E-state index in [2.05, 4.69) is 18.8 Å². The van der Waals surface area contributed by atoms with Crippen LogP contribution in [0, 0.1) is 34.5 Å². The van der Waals surface area contributed by atoms with Crippen LogP contribution < -0.4 is 0 Å². The summed E-state index contributed by atoms with van der Waals surface area (Å²) in [4.78, 5) is 16.5. The van der Waals surface area contributed by atoms with Gasteiger partial charge in [0.25, 0.3) is 0 Å². The zero-order valence-corrected chi connectivity index (χ0v) is 19.0. The molecular formula is C24H36N2O2S. The molecule has 0 saturated heterocycles. The van der Waals surface area contributed by atoms with Gasteiger partial charge in [-0.3, -0.25) is 4.79 Å². The number of imidazole rings is 1. The summed E-state index contributed by atoms with van der Waals surface area (Å²) in [5, 5.41) is 12.9. The van der Waals surface area contributed by atoms with E-state index in [9.17, 15) is 9.90 Å². The maximum absolute atomic E-state index is 12.1. The lowest BCUT2D eigenvalue weighted by Gasteiger charge is -2.61. The van der Waals surface area contributed by atoms with Crippen LogP contribution in [0.25, 0.3) is 0 Å². The van der Waals surface area contributed by atoms with Crippen molar-refractivity contribution < 1.29 is 9.90 Å². The van der Waals surface area contributed by atoms with E-state index in [1.807, 2.05) is 24.0 Å². The van der Waals surface area contributed by atoms with Gasteiger partial charge in [-0.15, -0.1) is 0 Å². The standard InChI is InChI=1S/C24H36N2O2S/c1-22-9-6-17(27)14-16(22)4-5-18-19(22)7-10-23(2)20(18)8-11-24(23,28)15-29-21-25-12-13-26(21)3/h12-13,16,18-20,28H,4-11,14-15H2,1-3H3/t16-,18+,19-,20+,22+,23+,24-/m1/s1. The smallest absolute Gasteiger partial charge is 0.167 e. The Morgan fingerprint density at radius 1 is 1.17 bits per heavy atom. The van der Waals surface area contributed by atoms with E-state index in [1.165, 1.54) is 19.3 Å². The summed E-state index contributed by atoms with van der Waals surface area (Å²) in [6.07, 6.45) is 13.5. The number of aryl methyl sites for hydroxylation is 1. The molecule has 0 amide bonds. The van der Waals surface area contributed by atoms with Gasteiger partial charge >= 0.3 is 0 Å². The monoisotopic (exact) mass is 416 g/mol. The van der Waals surface area contributed by atoms with Crippen LogP contribution in [0.1, 0.15) is 71.6 Å². The van der Waals surface area contributed by atoms with E-state index < -0.39 is 5.60 Å². The summed E-state index contributed by atoms with van der Waals surface area (Å²) >= 11 is 1.72. The lowest BCUT2D eigenvalue weighted by Crippen LogP contribution is -2.57. The molecule has 5 rings (SSSR count). The molecule has 4 nitrogen and oxygen atoms in total. The molecule has 5 heteroatoms. The Labute approximate surface area is 179 Å². The fraction of sp³-hybridized carbons (Fsp3) is 0.833. The summed E-state index contributed by atoms with van der Waals surface area (Å²) in [5.41, 5.74) is -0.236. The van der Waals surface area contributed by atoms with Crippen LogP contribution in [0.5, 0.6) is 0 Å². The van der Waals surface area contributed by atoms with Crippen LogP contribution in [-0.2, 0) is 11.8 Å². The van der Waals surface area contributed by atoms with Crippen LogP contribution in [0.2, 0.25) is 0 Å². The fourth-order valence-electron chi connectivity index (χ4n) is 8.07. The molecule has 0 unspecified atom stereocenters. The number of aliphatic hydroxyl groups is 1. The number of rotatable bonds is 3. The van der Waals surface area contributed by atoms with Crippen molar-refractivity contribution in [2.24, 2.45) is 41.5 Å². The number of fused-ring (bicyclic) bond motifs is 5. The molecule has 1 N–H and O–H groups in total. The minimum Gasteiger partial charge on any atom is -0.388 e. The number of Topliss-reactive ketones (excluding diaryl/α,β-unsaturated/α-hetero) is 1. The van der Waals surface area contributed by atoms with Crippen molar-refractivity contribution in [3.63, 3.8) is 0 Å². The molecule has 0 bridgehead atoms. The highest BCUT2D eigenvalue weighted by atomic mass is 32.2. The summed E-state index contributed by atoms with van der Waals surface area (Å²) < 4.78 is 2.05. The molecule has 4 fully saturated rings. The highest BCUT2D eigenvalue weighted by Crippen LogP contribution is 2.68. The topological polar surface area (TPSA) is 55.1 Å². The third kappa shape index (κ3) is 2.90. The molecule has 0 aromatic carbocycles. The number of nitrogens with zero attached hydrogens (tertiary/aromatic N) is 2. The fourth-order valence-corrected chi connectivity index (χ4v) is 9.31. The van der Waals surface area contributed by atoms with Gasteiger partial charge in [0.15, 0.2) is 5.16 Å². The Morgan fingerprint density at radius 3 is 2.72 bits per heavy atom. The molecule has 1 heterocycles. The van der Waals surface area contributed by atoms with Gasteiger partial charge < -0.3 is 9.67 Å². The maximum atomic E-state index is 12.1. The van der Waals surface area contributed by atoms with Crippen molar-refractivity contribution in [3.05, 3.63) is 12.4 Å². The summed E-state index contributed by atoms with van der Waals surface area (Å²) in [5.74, 6) is 3.95. The molecular weight excluding hydrogens is 380 g/mol. The first-order chi connectivity index (χ1) is 13.8. The van der Waals surface area contributed by atoms with Gasteiger partial charge in [0, 0.05) is 43.5 Å². The second kappa shape index (κ2) is 6.85. The van der Waals surface area contributed by atoms with Crippen LogP contribution in [0.15, 0.2) is 17.6 Å².